The van der Waals surface area contributed by atoms with Gasteiger partial charge in [-0.1, -0.05) is 41.9 Å². The molecule has 0 saturated heterocycles. The average Bonchev–Trinajstić information content (AvgIpc) is 2.67. The first-order chi connectivity index (χ1) is 13.0. The molecule has 0 aliphatic rings. The summed E-state index contributed by atoms with van der Waals surface area (Å²) in [5.41, 5.74) is 9.64. The molecule has 3 N–H and O–H groups in total. The average molecular weight is 379 g/mol. The van der Waals surface area contributed by atoms with Gasteiger partial charge >= 0.3 is 0 Å². The number of halogens is 1. The van der Waals surface area contributed by atoms with Crippen molar-refractivity contribution < 1.29 is 4.79 Å². The highest BCUT2D eigenvalue weighted by Gasteiger charge is 2.14. The Balaban J connectivity index is 1.87. The van der Waals surface area contributed by atoms with Crippen molar-refractivity contribution in [2.75, 3.05) is 7.05 Å². The van der Waals surface area contributed by atoms with Crippen LogP contribution in [0, 0.1) is 6.92 Å². The third-order valence-corrected chi connectivity index (χ3v) is 4.48. The van der Waals surface area contributed by atoms with Crippen molar-refractivity contribution in [3.05, 3.63) is 82.5 Å². The van der Waals surface area contributed by atoms with Crippen LogP contribution in [0.1, 0.15) is 21.5 Å². The number of aromatic nitrogens is 1. The molecule has 5 nitrogen and oxygen atoms in total. The Labute approximate surface area is 162 Å². The van der Waals surface area contributed by atoms with Gasteiger partial charge in [-0.15, -0.1) is 0 Å². The van der Waals surface area contributed by atoms with Crippen LogP contribution >= 0.6 is 11.6 Å². The highest BCUT2D eigenvalue weighted by atomic mass is 35.5. The highest BCUT2D eigenvalue weighted by molar-refractivity contribution is 6.35. The largest absolute Gasteiger partial charge is 0.398 e. The summed E-state index contributed by atoms with van der Waals surface area (Å²) >= 11 is 6.28. The molecule has 0 aliphatic carbocycles. The van der Waals surface area contributed by atoms with Crippen LogP contribution in [-0.2, 0) is 0 Å². The van der Waals surface area contributed by atoms with E-state index in [1.807, 2.05) is 43.3 Å². The van der Waals surface area contributed by atoms with E-state index in [1.165, 1.54) is 0 Å². The minimum absolute atomic E-state index is 0.326. The molecular formula is C21H19ClN4O. The van der Waals surface area contributed by atoms with Gasteiger partial charge in [-0.3, -0.25) is 14.8 Å². The lowest BCUT2D eigenvalue weighted by atomic mass is 10.1. The van der Waals surface area contributed by atoms with E-state index >= 15 is 0 Å². The molecule has 0 bridgehead atoms. The number of carbonyl (C=O) groups is 1. The van der Waals surface area contributed by atoms with Crippen molar-refractivity contribution >= 4 is 39.9 Å². The Kier molecular flexibility index (Phi) is 5.52. The molecule has 0 atom stereocenters. The molecule has 1 aromatic heterocycles. The smallest absolute Gasteiger partial charge is 0.258 e. The van der Waals surface area contributed by atoms with Crippen molar-refractivity contribution in [1.29, 1.82) is 0 Å². The second-order valence-electron chi connectivity index (χ2n) is 6.01. The maximum atomic E-state index is 12.7. The number of amides is 1. The number of aliphatic imine (C=N–C) groups is 1. The number of benzene rings is 2. The summed E-state index contributed by atoms with van der Waals surface area (Å²) in [6.45, 7) is 1.97. The van der Waals surface area contributed by atoms with Gasteiger partial charge in [0.25, 0.3) is 5.91 Å². The minimum Gasteiger partial charge on any atom is -0.398 e. The van der Waals surface area contributed by atoms with E-state index in [0.29, 0.717) is 27.6 Å². The zero-order chi connectivity index (χ0) is 19.4. The number of hydrogen-bond donors (Lipinski definition) is 2. The number of nitrogens with zero attached hydrogens (tertiary/aromatic N) is 2. The number of pyridine rings is 1. The number of hydrogen-bond acceptors (Lipinski definition) is 4. The first kappa shape index (κ1) is 18.6. The van der Waals surface area contributed by atoms with Gasteiger partial charge in [0.15, 0.2) is 0 Å². The van der Waals surface area contributed by atoms with E-state index in [4.69, 9.17) is 17.3 Å². The molecule has 27 heavy (non-hydrogen) atoms. The first-order valence-electron chi connectivity index (χ1n) is 8.35. The molecule has 6 heteroatoms. The Morgan fingerprint density at radius 2 is 1.96 bits per heavy atom. The lowest BCUT2D eigenvalue weighted by molar-refractivity contribution is 0.0977. The topological polar surface area (TPSA) is 80.4 Å². The number of carbonyl (C=O) groups excluding carboxylic acids is 1. The number of fused-ring (bicyclic) bond motifs is 1. The second-order valence-corrected chi connectivity index (χ2v) is 6.41. The summed E-state index contributed by atoms with van der Waals surface area (Å²) in [7, 11) is 1.58. The van der Waals surface area contributed by atoms with Crippen LogP contribution in [0.4, 0.5) is 0 Å². The van der Waals surface area contributed by atoms with Crippen LogP contribution < -0.4 is 11.1 Å². The fraction of sp³-hybridized carbons (Fsp3) is 0.0952. The van der Waals surface area contributed by atoms with E-state index < -0.39 is 0 Å². The number of aryl methyl sites for hydroxylation is 1. The second kappa shape index (κ2) is 8.01. The van der Waals surface area contributed by atoms with Crippen LogP contribution in [0.3, 0.4) is 0 Å². The highest BCUT2D eigenvalue weighted by Crippen LogP contribution is 2.22. The molecule has 2 aromatic carbocycles. The molecule has 1 heterocycles. The summed E-state index contributed by atoms with van der Waals surface area (Å²) < 4.78 is 0. The van der Waals surface area contributed by atoms with Gasteiger partial charge in [-0.05, 0) is 30.7 Å². The molecule has 0 saturated carbocycles. The predicted octanol–water partition coefficient (Wildman–Crippen LogP) is 3.95. The fourth-order valence-electron chi connectivity index (χ4n) is 2.73. The van der Waals surface area contributed by atoms with Crippen LogP contribution in [0.25, 0.3) is 16.6 Å². The molecular weight excluding hydrogens is 360 g/mol. The first-order valence-corrected chi connectivity index (χ1v) is 8.73. The molecule has 136 valence electrons. The molecule has 3 aromatic rings. The summed E-state index contributed by atoms with van der Waals surface area (Å²) in [5.74, 6) is -0.0278. The molecule has 0 aliphatic heterocycles. The number of nitrogens with two attached hydrogens (primary N) is 1. The van der Waals surface area contributed by atoms with Crippen molar-refractivity contribution in [2.24, 2.45) is 10.7 Å². The number of amidine groups is 1. The van der Waals surface area contributed by atoms with E-state index in [0.717, 1.165) is 16.5 Å². The minimum atomic E-state index is -0.373. The van der Waals surface area contributed by atoms with Crippen molar-refractivity contribution in [1.82, 2.24) is 10.3 Å². The van der Waals surface area contributed by atoms with E-state index in [-0.39, 0.29) is 5.91 Å². The zero-order valence-corrected chi connectivity index (χ0v) is 15.8. The van der Waals surface area contributed by atoms with Crippen molar-refractivity contribution in [2.45, 2.75) is 6.92 Å². The fourth-order valence-corrected chi connectivity index (χ4v) is 2.99. The van der Waals surface area contributed by atoms with E-state index in [1.54, 1.807) is 31.5 Å². The van der Waals surface area contributed by atoms with Gasteiger partial charge in [-0.2, -0.15) is 0 Å². The van der Waals surface area contributed by atoms with Crippen molar-refractivity contribution in [3.8, 4) is 0 Å². The van der Waals surface area contributed by atoms with Gasteiger partial charge in [0, 0.05) is 36.0 Å². The van der Waals surface area contributed by atoms with Crippen molar-refractivity contribution in [3.63, 3.8) is 0 Å². The Bertz CT molecular complexity index is 1070. The Morgan fingerprint density at radius 1 is 1.19 bits per heavy atom. The third kappa shape index (κ3) is 4.15. The standard InChI is InChI=1S/C21H19ClN4O/c1-13-6-3-4-8-15(13)18(23)12-20(24-2)26-21(27)16-11-19-14(10-17(16)22)7-5-9-25-19/h3-12H,23H2,1-2H3,(H,24,26,27)/b18-12-. The van der Waals surface area contributed by atoms with E-state index in [2.05, 4.69) is 15.3 Å². The lowest BCUT2D eigenvalue weighted by Gasteiger charge is -2.10. The van der Waals surface area contributed by atoms with Gasteiger partial charge in [0.05, 0.1) is 16.1 Å². The molecule has 3 rings (SSSR count). The Hall–Kier alpha value is -3.18. The van der Waals surface area contributed by atoms with Crippen LogP contribution in [-0.4, -0.2) is 23.8 Å². The van der Waals surface area contributed by atoms with Crippen LogP contribution in [0.15, 0.2) is 65.8 Å². The SMILES string of the molecule is CN=C(/C=C(\N)c1ccccc1C)NC(=O)c1cc2ncccc2cc1Cl. The van der Waals surface area contributed by atoms with Gasteiger partial charge in [0.2, 0.25) is 0 Å². The van der Waals surface area contributed by atoms with Crippen LogP contribution in [0.2, 0.25) is 5.02 Å². The maximum absolute atomic E-state index is 12.7. The van der Waals surface area contributed by atoms with Gasteiger partial charge in [-0.25, -0.2) is 0 Å². The summed E-state index contributed by atoms with van der Waals surface area (Å²) in [4.78, 5) is 21.1. The zero-order valence-electron chi connectivity index (χ0n) is 15.0. The molecule has 0 fully saturated rings. The lowest BCUT2D eigenvalue weighted by Crippen LogP contribution is -2.30. The van der Waals surface area contributed by atoms with Gasteiger partial charge < -0.3 is 11.1 Å². The molecule has 0 spiro atoms. The summed E-state index contributed by atoms with van der Waals surface area (Å²) in [6, 6.07) is 14.8. The maximum Gasteiger partial charge on any atom is 0.258 e. The number of nitrogens with one attached hydrogen (secondary N) is 1. The number of rotatable bonds is 3. The predicted molar refractivity (Wildman–Crippen MR) is 111 cm³/mol. The quantitative estimate of drug-likeness (QED) is 0.534. The third-order valence-electron chi connectivity index (χ3n) is 4.17. The van der Waals surface area contributed by atoms with Gasteiger partial charge in [0.1, 0.15) is 5.84 Å². The van der Waals surface area contributed by atoms with Crippen LogP contribution in [0.5, 0.6) is 0 Å². The Morgan fingerprint density at radius 3 is 2.70 bits per heavy atom. The molecule has 0 radical (unpaired) electrons. The summed E-state index contributed by atoms with van der Waals surface area (Å²) in [5, 5.41) is 3.97. The monoisotopic (exact) mass is 378 g/mol. The molecule has 1 amide bonds. The normalized spacial score (nSPS) is 12.3. The van der Waals surface area contributed by atoms with E-state index in [9.17, 15) is 4.79 Å². The summed E-state index contributed by atoms with van der Waals surface area (Å²) in [6.07, 6.45) is 3.30. The molecule has 0 unspecified atom stereocenters.